The summed E-state index contributed by atoms with van der Waals surface area (Å²) < 4.78 is 11.9. The zero-order valence-corrected chi connectivity index (χ0v) is 25.6. The quantitative estimate of drug-likeness (QED) is 0.228. The Balaban J connectivity index is 1.45. The van der Waals surface area contributed by atoms with Gasteiger partial charge in [0.1, 0.15) is 17.0 Å². The van der Waals surface area contributed by atoms with Crippen molar-refractivity contribution in [3.63, 3.8) is 0 Å². The summed E-state index contributed by atoms with van der Waals surface area (Å²) in [4.78, 5) is 41.4. The SMILES string of the molecule is CSc1ncc2c(n1)N(C)CCN(c1cccc(COC(CCN(C)C(=O)OC(C)(C)C)c3cccs3)c1)C2=O. The molecule has 4 rings (SSSR count). The van der Waals surface area contributed by atoms with Gasteiger partial charge in [0.15, 0.2) is 5.16 Å². The number of likely N-dealkylation sites (N-methyl/N-ethyl adjacent to an activating group) is 1. The number of rotatable bonds is 9. The van der Waals surface area contributed by atoms with Crippen molar-refractivity contribution in [1.29, 1.82) is 0 Å². The maximum atomic E-state index is 13.5. The second kappa shape index (κ2) is 13.0. The highest BCUT2D eigenvalue weighted by molar-refractivity contribution is 7.98. The van der Waals surface area contributed by atoms with E-state index in [9.17, 15) is 9.59 Å². The maximum absolute atomic E-state index is 13.5. The Morgan fingerprint density at radius 2 is 2.02 bits per heavy atom. The molecule has 0 saturated carbocycles. The van der Waals surface area contributed by atoms with Crippen molar-refractivity contribution in [2.24, 2.45) is 0 Å². The fourth-order valence-electron chi connectivity index (χ4n) is 4.28. The third-order valence-corrected chi connectivity index (χ3v) is 7.92. The van der Waals surface area contributed by atoms with Gasteiger partial charge in [-0.1, -0.05) is 30.0 Å². The van der Waals surface area contributed by atoms with Crippen LogP contribution in [0.5, 0.6) is 0 Å². The minimum Gasteiger partial charge on any atom is -0.444 e. The number of carbonyl (C=O) groups excluding carboxylic acids is 2. The Morgan fingerprint density at radius 1 is 1.23 bits per heavy atom. The lowest BCUT2D eigenvalue weighted by Crippen LogP contribution is -2.35. The van der Waals surface area contributed by atoms with E-state index in [0.29, 0.717) is 49.2 Å². The number of thioether (sulfide) groups is 1. The lowest BCUT2D eigenvalue weighted by molar-refractivity contribution is 0.0148. The molecule has 1 unspecified atom stereocenters. The number of hydrogen-bond acceptors (Lipinski definition) is 9. The molecule has 2 amide bonds. The van der Waals surface area contributed by atoms with Crippen LogP contribution in [0.1, 0.15) is 54.1 Å². The minimum absolute atomic E-state index is 0.119. The molecule has 11 heteroatoms. The molecule has 0 fully saturated rings. The van der Waals surface area contributed by atoms with Crippen molar-refractivity contribution >= 4 is 46.6 Å². The fraction of sp³-hybridized carbons (Fsp3) is 0.448. The van der Waals surface area contributed by atoms with Gasteiger partial charge in [0.05, 0.1) is 12.7 Å². The topological polar surface area (TPSA) is 88.1 Å². The number of hydrogen-bond donors (Lipinski definition) is 0. The molecule has 1 aliphatic heterocycles. The van der Waals surface area contributed by atoms with Gasteiger partial charge >= 0.3 is 6.09 Å². The van der Waals surface area contributed by atoms with Crippen LogP contribution in [-0.2, 0) is 16.1 Å². The van der Waals surface area contributed by atoms with Gasteiger partial charge in [0.2, 0.25) is 0 Å². The van der Waals surface area contributed by atoms with Crippen LogP contribution >= 0.6 is 23.1 Å². The van der Waals surface area contributed by atoms with Gasteiger partial charge in [-0.25, -0.2) is 14.8 Å². The van der Waals surface area contributed by atoms with Crippen LogP contribution in [0.25, 0.3) is 0 Å². The predicted molar refractivity (Wildman–Crippen MR) is 161 cm³/mol. The molecule has 0 spiro atoms. The Bertz CT molecular complexity index is 1310. The zero-order valence-electron chi connectivity index (χ0n) is 23.9. The van der Waals surface area contributed by atoms with Crippen molar-refractivity contribution in [2.75, 3.05) is 49.8 Å². The van der Waals surface area contributed by atoms with Gasteiger partial charge in [0.25, 0.3) is 5.91 Å². The second-order valence-electron chi connectivity index (χ2n) is 10.6. The number of fused-ring (bicyclic) bond motifs is 1. The summed E-state index contributed by atoms with van der Waals surface area (Å²) in [6.07, 6.45) is 3.63. The van der Waals surface area contributed by atoms with Gasteiger partial charge in [-0.2, -0.15) is 0 Å². The summed E-state index contributed by atoms with van der Waals surface area (Å²) in [5.41, 5.74) is 1.71. The smallest absolute Gasteiger partial charge is 0.410 e. The molecule has 2 aromatic heterocycles. The summed E-state index contributed by atoms with van der Waals surface area (Å²) >= 11 is 3.08. The first-order valence-corrected chi connectivity index (χ1v) is 15.3. The Kier molecular flexibility index (Phi) is 9.70. The molecule has 0 saturated heterocycles. The van der Waals surface area contributed by atoms with Gasteiger partial charge in [-0.15, -0.1) is 11.3 Å². The van der Waals surface area contributed by atoms with Gasteiger partial charge < -0.3 is 24.2 Å². The molecule has 0 N–H and O–H groups in total. The Morgan fingerprint density at radius 3 is 2.73 bits per heavy atom. The first-order valence-electron chi connectivity index (χ1n) is 13.2. The molecular weight excluding hydrogens is 546 g/mol. The summed E-state index contributed by atoms with van der Waals surface area (Å²) in [5.74, 6) is 0.535. The highest BCUT2D eigenvalue weighted by Crippen LogP contribution is 2.30. The number of ether oxygens (including phenoxy) is 2. The largest absolute Gasteiger partial charge is 0.444 e. The molecule has 0 aliphatic carbocycles. The Labute approximate surface area is 244 Å². The molecule has 1 aliphatic rings. The molecule has 1 aromatic carbocycles. The maximum Gasteiger partial charge on any atom is 0.410 e. The normalized spacial score (nSPS) is 14.5. The fourth-order valence-corrected chi connectivity index (χ4v) is 5.43. The van der Waals surface area contributed by atoms with E-state index in [0.717, 1.165) is 16.1 Å². The van der Waals surface area contributed by atoms with Crippen molar-refractivity contribution in [3.05, 3.63) is 64.0 Å². The van der Waals surface area contributed by atoms with E-state index >= 15 is 0 Å². The molecule has 0 bridgehead atoms. The first kappa shape index (κ1) is 29.8. The average Bonchev–Trinajstić information content (AvgIpc) is 3.42. The van der Waals surface area contributed by atoms with Crippen LogP contribution in [0, 0.1) is 0 Å². The monoisotopic (exact) mass is 583 g/mol. The van der Waals surface area contributed by atoms with Crippen molar-refractivity contribution in [2.45, 2.75) is 50.7 Å². The summed E-state index contributed by atoms with van der Waals surface area (Å²) in [7, 11) is 3.69. The van der Waals surface area contributed by atoms with E-state index in [1.54, 1.807) is 34.4 Å². The predicted octanol–water partition coefficient (Wildman–Crippen LogP) is 5.87. The lowest BCUT2D eigenvalue weighted by atomic mass is 10.1. The van der Waals surface area contributed by atoms with Gasteiger partial charge in [-0.3, -0.25) is 4.79 Å². The lowest BCUT2D eigenvalue weighted by Gasteiger charge is -2.26. The Hall–Kier alpha value is -3.15. The summed E-state index contributed by atoms with van der Waals surface area (Å²) in [6, 6.07) is 11.9. The first-order chi connectivity index (χ1) is 19.1. The van der Waals surface area contributed by atoms with Crippen LogP contribution in [0.2, 0.25) is 0 Å². The number of carbonyl (C=O) groups is 2. The van der Waals surface area contributed by atoms with E-state index in [4.69, 9.17) is 9.47 Å². The summed E-state index contributed by atoms with van der Waals surface area (Å²) in [5, 5.41) is 2.67. The van der Waals surface area contributed by atoms with E-state index in [1.807, 2.05) is 80.8 Å². The third-order valence-electron chi connectivity index (χ3n) is 6.39. The van der Waals surface area contributed by atoms with Crippen LogP contribution in [0.3, 0.4) is 0 Å². The molecule has 3 heterocycles. The van der Waals surface area contributed by atoms with E-state index in [-0.39, 0.29) is 18.1 Å². The van der Waals surface area contributed by atoms with E-state index < -0.39 is 5.60 Å². The number of aromatic nitrogens is 2. The number of amides is 2. The molecule has 1 atom stereocenters. The number of benzene rings is 1. The standard InChI is InChI=1S/C29H37N5O4S2/c1-29(2,3)38-28(36)33(5)13-12-23(24-11-8-16-40-24)37-19-20-9-7-10-21(17-20)34-15-14-32(4)25-22(26(34)35)18-30-27(31-25)39-6/h7-11,16-18,23H,12-15,19H2,1-6H3. The molecule has 214 valence electrons. The molecular formula is C29H37N5O4S2. The van der Waals surface area contributed by atoms with Crippen LogP contribution in [0.4, 0.5) is 16.3 Å². The van der Waals surface area contributed by atoms with E-state index in [1.165, 1.54) is 11.8 Å². The summed E-state index contributed by atoms with van der Waals surface area (Å²) in [6.45, 7) is 7.61. The van der Waals surface area contributed by atoms with Gasteiger partial charge in [0, 0.05) is 50.5 Å². The van der Waals surface area contributed by atoms with E-state index in [2.05, 4.69) is 9.97 Å². The number of thiophene rings is 1. The van der Waals surface area contributed by atoms with Crippen LogP contribution in [-0.4, -0.2) is 72.5 Å². The zero-order chi connectivity index (χ0) is 28.9. The molecule has 0 radical (unpaired) electrons. The average molecular weight is 584 g/mol. The van der Waals surface area contributed by atoms with Crippen molar-refractivity contribution in [3.8, 4) is 0 Å². The minimum atomic E-state index is -0.545. The highest BCUT2D eigenvalue weighted by atomic mass is 32.2. The van der Waals surface area contributed by atoms with Gasteiger partial charge in [-0.05, 0) is 62.6 Å². The number of nitrogens with zero attached hydrogens (tertiary/aromatic N) is 5. The van der Waals surface area contributed by atoms with Crippen LogP contribution in [0.15, 0.2) is 53.1 Å². The molecule has 9 nitrogen and oxygen atoms in total. The molecule has 40 heavy (non-hydrogen) atoms. The third kappa shape index (κ3) is 7.52. The van der Waals surface area contributed by atoms with Crippen molar-refractivity contribution < 1.29 is 19.1 Å². The second-order valence-corrected chi connectivity index (χ2v) is 12.4. The van der Waals surface area contributed by atoms with Crippen molar-refractivity contribution in [1.82, 2.24) is 14.9 Å². The van der Waals surface area contributed by atoms with Crippen LogP contribution < -0.4 is 9.80 Å². The number of anilines is 2. The molecule has 3 aromatic rings. The highest BCUT2D eigenvalue weighted by Gasteiger charge is 2.28.